The van der Waals surface area contributed by atoms with Gasteiger partial charge in [0.2, 0.25) is 0 Å². The van der Waals surface area contributed by atoms with Gasteiger partial charge < -0.3 is 14.6 Å². The fourth-order valence-electron chi connectivity index (χ4n) is 2.40. The first-order chi connectivity index (χ1) is 10.0. The third kappa shape index (κ3) is 3.74. The molecular formula is C16H22O5. The minimum Gasteiger partial charge on any atom is -0.496 e. The first-order valence-electron chi connectivity index (χ1n) is 7.04. The number of carboxylic acids is 1. The van der Waals surface area contributed by atoms with Gasteiger partial charge in [0.05, 0.1) is 13.7 Å². The second-order valence-electron chi connectivity index (χ2n) is 4.85. The Kier molecular flexibility index (Phi) is 6.21. The van der Waals surface area contributed by atoms with E-state index in [4.69, 9.17) is 9.47 Å². The summed E-state index contributed by atoms with van der Waals surface area (Å²) in [5, 5.41) is 9.64. The Morgan fingerprint density at radius 2 is 1.90 bits per heavy atom. The molecule has 116 valence electrons. The maximum Gasteiger partial charge on any atom is 0.323 e. The molecular weight excluding hydrogens is 272 g/mol. The van der Waals surface area contributed by atoms with Crippen LogP contribution in [0.4, 0.5) is 0 Å². The van der Waals surface area contributed by atoms with Crippen molar-refractivity contribution in [2.24, 2.45) is 5.41 Å². The second-order valence-corrected chi connectivity index (χ2v) is 4.85. The molecule has 1 rings (SSSR count). The monoisotopic (exact) mass is 294 g/mol. The highest BCUT2D eigenvalue weighted by Gasteiger charge is 2.47. The molecule has 0 aliphatic heterocycles. The molecule has 0 aromatic heterocycles. The number of benzene rings is 1. The van der Waals surface area contributed by atoms with Crippen LogP contribution >= 0.6 is 0 Å². The van der Waals surface area contributed by atoms with Gasteiger partial charge in [-0.3, -0.25) is 9.59 Å². The number of carbonyl (C=O) groups excluding carboxylic acids is 1. The molecule has 0 spiro atoms. The molecule has 1 unspecified atom stereocenters. The van der Waals surface area contributed by atoms with Crippen LogP contribution in [0.3, 0.4) is 0 Å². The van der Waals surface area contributed by atoms with E-state index in [9.17, 15) is 14.7 Å². The highest BCUT2D eigenvalue weighted by Crippen LogP contribution is 2.34. The Labute approximate surface area is 124 Å². The number of hydrogen-bond acceptors (Lipinski definition) is 4. The van der Waals surface area contributed by atoms with E-state index >= 15 is 0 Å². The van der Waals surface area contributed by atoms with Crippen molar-refractivity contribution in [2.45, 2.75) is 33.1 Å². The minimum atomic E-state index is -1.57. The van der Waals surface area contributed by atoms with Crippen LogP contribution in [0.2, 0.25) is 0 Å². The molecule has 0 heterocycles. The van der Waals surface area contributed by atoms with Crippen LogP contribution in [0.15, 0.2) is 24.3 Å². The van der Waals surface area contributed by atoms with Gasteiger partial charge in [0, 0.05) is 6.42 Å². The zero-order valence-electron chi connectivity index (χ0n) is 12.7. The standard InChI is InChI=1S/C16H22O5/c1-4-10-16(14(17)18,15(19)21-5-2)11-12-8-6-7-9-13(12)20-3/h6-9H,4-5,10-11H2,1-3H3,(H,17,18). The van der Waals surface area contributed by atoms with Gasteiger partial charge in [-0.05, 0) is 25.0 Å². The Morgan fingerprint density at radius 1 is 1.24 bits per heavy atom. The zero-order valence-corrected chi connectivity index (χ0v) is 12.7. The van der Waals surface area contributed by atoms with Crippen molar-refractivity contribution in [3.8, 4) is 5.75 Å². The lowest BCUT2D eigenvalue weighted by molar-refractivity contribution is -0.169. The van der Waals surface area contributed by atoms with E-state index in [-0.39, 0.29) is 19.4 Å². The van der Waals surface area contributed by atoms with Crippen LogP contribution in [-0.2, 0) is 20.7 Å². The normalized spacial score (nSPS) is 13.3. The summed E-state index contributed by atoms with van der Waals surface area (Å²) in [5.41, 5.74) is -0.886. The topological polar surface area (TPSA) is 72.8 Å². The number of carbonyl (C=O) groups is 2. The number of carboxylic acid groups (broad SMARTS) is 1. The van der Waals surface area contributed by atoms with Gasteiger partial charge in [0.15, 0.2) is 5.41 Å². The van der Waals surface area contributed by atoms with E-state index in [0.717, 1.165) is 0 Å². The number of esters is 1. The minimum absolute atomic E-state index is 0.0546. The van der Waals surface area contributed by atoms with Crippen LogP contribution < -0.4 is 4.74 Å². The van der Waals surface area contributed by atoms with Gasteiger partial charge in [-0.2, -0.15) is 0 Å². The van der Waals surface area contributed by atoms with Crippen LogP contribution in [0, 0.1) is 5.41 Å². The number of methoxy groups -OCH3 is 1. The lowest BCUT2D eigenvalue weighted by Crippen LogP contribution is -2.42. The van der Waals surface area contributed by atoms with Crippen molar-refractivity contribution in [2.75, 3.05) is 13.7 Å². The average molecular weight is 294 g/mol. The lowest BCUT2D eigenvalue weighted by Gasteiger charge is -2.27. The summed E-state index contributed by atoms with van der Waals surface area (Å²) in [4.78, 5) is 24.0. The van der Waals surface area contributed by atoms with Crippen molar-refractivity contribution >= 4 is 11.9 Å². The van der Waals surface area contributed by atoms with Crippen LogP contribution in [0.5, 0.6) is 5.75 Å². The molecule has 1 aromatic carbocycles. The summed E-state index contributed by atoms with van der Waals surface area (Å²) in [6, 6.07) is 7.11. The van der Waals surface area contributed by atoms with Gasteiger partial charge in [-0.1, -0.05) is 31.5 Å². The largest absolute Gasteiger partial charge is 0.496 e. The molecule has 0 saturated carbocycles. The first-order valence-corrected chi connectivity index (χ1v) is 7.04. The molecule has 0 fully saturated rings. The van der Waals surface area contributed by atoms with Crippen molar-refractivity contribution < 1.29 is 24.2 Å². The molecule has 0 amide bonds. The maximum atomic E-state index is 12.3. The summed E-state index contributed by atoms with van der Waals surface area (Å²) in [5.74, 6) is -1.28. The first kappa shape index (κ1) is 17.0. The number of para-hydroxylation sites is 1. The van der Waals surface area contributed by atoms with Crippen molar-refractivity contribution in [1.82, 2.24) is 0 Å². The number of aliphatic carboxylic acids is 1. The van der Waals surface area contributed by atoms with Gasteiger partial charge in [0.25, 0.3) is 0 Å². The molecule has 1 aromatic rings. The van der Waals surface area contributed by atoms with E-state index in [1.54, 1.807) is 31.2 Å². The molecule has 0 aliphatic carbocycles. The Morgan fingerprint density at radius 3 is 2.43 bits per heavy atom. The fraction of sp³-hybridized carbons (Fsp3) is 0.500. The summed E-state index contributed by atoms with van der Waals surface area (Å²) in [6.07, 6.45) is 0.846. The van der Waals surface area contributed by atoms with Crippen molar-refractivity contribution in [3.05, 3.63) is 29.8 Å². The molecule has 0 radical (unpaired) electrons. The SMILES string of the molecule is CCCC(Cc1ccccc1OC)(C(=O)O)C(=O)OCC. The Hall–Kier alpha value is -2.04. The second kappa shape index (κ2) is 7.67. The molecule has 21 heavy (non-hydrogen) atoms. The molecule has 5 nitrogen and oxygen atoms in total. The molecule has 1 atom stereocenters. The quantitative estimate of drug-likeness (QED) is 0.589. The van der Waals surface area contributed by atoms with Gasteiger partial charge >= 0.3 is 11.9 Å². The van der Waals surface area contributed by atoms with Crippen LogP contribution in [0.1, 0.15) is 32.3 Å². The van der Waals surface area contributed by atoms with Gasteiger partial charge in [-0.15, -0.1) is 0 Å². The number of ether oxygens (including phenoxy) is 2. The maximum absolute atomic E-state index is 12.3. The predicted molar refractivity (Wildman–Crippen MR) is 78.3 cm³/mol. The summed E-state index contributed by atoms with van der Waals surface area (Å²) >= 11 is 0. The van der Waals surface area contributed by atoms with E-state index in [1.165, 1.54) is 7.11 Å². The lowest BCUT2D eigenvalue weighted by atomic mass is 9.77. The molecule has 5 heteroatoms. The molecule has 1 N–H and O–H groups in total. The molecule has 0 saturated heterocycles. The third-order valence-electron chi connectivity index (χ3n) is 3.44. The van der Waals surface area contributed by atoms with Crippen LogP contribution in [0.25, 0.3) is 0 Å². The smallest absolute Gasteiger partial charge is 0.323 e. The van der Waals surface area contributed by atoms with Crippen LogP contribution in [-0.4, -0.2) is 30.8 Å². The van der Waals surface area contributed by atoms with E-state index < -0.39 is 17.4 Å². The summed E-state index contributed by atoms with van der Waals surface area (Å²) in [6.45, 7) is 3.67. The molecule has 0 aliphatic rings. The van der Waals surface area contributed by atoms with E-state index in [2.05, 4.69) is 0 Å². The van der Waals surface area contributed by atoms with Crippen molar-refractivity contribution in [1.29, 1.82) is 0 Å². The molecule has 0 bridgehead atoms. The Balaban J connectivity index is 3.23. The summed E-state index contributed by atoms with van der Waals surface area (Å²) < 4.78 is 10.3. The Bertz CT molecular complexity index is 497. The fourth-order valence-corrected chi connectivity index (χ4v) is 2.40. The predicted octanol–water partition coefficient (Wildman–Crippen LogP) is 2.67. The third-order valence-corrected chi connectivity index (χ3v) is 3.44. The number of hydrogen-bond donors (Lipinski definition) is 1. The van der Waals surface area contributed by atoms with E-state index in [1.807, 2.05) is 6.92 Å². The van der Waals surface area contributed by atoms with Gasteiger partial charge in [-0.25, -0.2) is 0 Å². The van der Waals surface area contributed by atoms with Crippen molar-refractivity contribution in [3.63, 3.8) is 0 Å². The highest BCUT2D eigenvalue weighted by molar-refractivity contribution is 5.99. The average Bonchev–Trinajstić information content (AvgIpc) is 2.47. The van der Waals surface area contributed by atoms with Gasteiger partial charge in [0.1, 0.15) is 5.75 Å². The highest BCUT2D eigenvalue weighted by atomic mass is 16.5. The zero-order chi connectivity index (χ0) is 15.9. The van der Waals surface area contributed by atoms with E-state index in [0.29, 0.717) is 17.7 Å². The summed E-state index contributed by atoms with van der Waals surface area (Å²) in [7, 11) is 1.52. The number of rotatable bonds is 8.